The summed E-state index contributed by atoms with van der Waals surface area (Å²) in [6.45, 7) is 3.32. The van der Waals surface area contributed by atoms with E-state index in [1.54, 1.807) is 16.9 Å². The molecule has 5 heteroatoms. The van der Waals surface area contributed by atoms with E-state index >= 15 is 0 Å². The molecule has 1 N–H and O–H groups in total. The largest absolute Gasteiger partial charge is 0.384 e. The molecule has 3 aromatic carbocycles. The first-order chi connectivity index (χ1) is 14.5. The van der Waals surface area contributed by atoms with Gasteiger partial charge in [-0.1, -0.05) is 30.3 Å². The van der Waals surface area contributed by atoms with Crippen LogP contribution in [0.2, 0.25) is 0 Å². The van der Waals surface area contributed by atoms with Gasteiger partial charge in [-0.3, -0.25) is 0 Å². The van der Waals surface area contributed by atoms with E-state index in [2.05, 4.69) is 34.3 Å². The van der Waals surface area contributed by atoms with Crippen molar-refractivity contribution < 1.29 is 9.50 Å². The van der Waals surface area contributed by atoms with Gasteiger partial charge in [-0.05, 0) is 67.3 Å². The fraction of sp³-hybridized carbons (Fsp3) is 0.240. The van der Waals surface area contributed by atoms with Crippen molar-refractivity contribution in [3.8, 4) is 5.69 Å². The molecule has 30 heavy (non-hydrogen) atoms. The number of aliphatic hydroxyl groups is 1. The van der Waals surface area contributed by atoms with Crippen molar-refractivity contribution in [1.29, 1.82) is 0 Å². The first-order valence-electron chi connectivity index (χ1n) is 10.3. The summed E-state index contributed by atoms with van der Waals surface area (Å²) in [7, 11) is 0. The number of para-hydroxylation sites is 1. The molecule has 0 fully saturated rings. The number of hydrogen-bond donors (Lipinski definition) is 1. The standard InChI is InChI=1S/C25H24FN3O/c1-25(30,17-28-13-5-7-18-6-2-3-10-23(18)28)20-11-12-24-19(14-20)16-27-29(24)22-9-4-8-21(26)15-22/h2-4,6,8-12,14-16,30H,5,7,13,17H2,1H3. The van der Waals surface area contributed by atoms with Gasteiger partial charge < -0.3 is 10.0 Å². The van der Waals surface area contributed by atoms with Crippen LogP contribution in [0.1, 0.15) is 24.5 Å². The Bertz CT molecular complexity index is 1210. The predicted octanol–water partition coefficient (Wildman–Crippen LogP) is 4.82. The number of hydrogen-bond acceptors (Lipinski definition) is 3. The summed E-state index contributed by atoms with van der Waals surface area (Å²) >= 11 is 0. The number of aryl methyl sites for hydroxylation is 1. The maximum absolute atomic E-state index is 13.6. The molecule has 0 saturated carbocycles. The van der Waals surface area contributed by atoms with Gasteiger partial charge in [0.2, 0.25) is 0 Å². The normalized spacial score (nSPS) is 15.8. The van der Waals surface area contributed by atoms with Crippen LogP contribution in [-0.4, -0.2) is 28.0 Å². The van der Waals surface area contributed by atoms with Crippen LogP contribution in [0.4, 0.5) is 10.1 Å². The molecule has 152 valence electrons. The van der Waals surface area contributed by atoms with E-state index in [0.717, 1.165) is 35.9 Å². The number of anilines is 1. The third-order valence-corrected chi connectivity index (χ3v) is 5.95. The highest BCUT2D eigenvalue weighted by Gasteiger charge is 2.29. The van der Waals surface area contributed by atoms with E-state index in [9.17, 15) is 9.50 Å². The van der Waals surface area contributed by atoms with Gasteiger partial charge in [0.25, 0.3) is 0 Å². The lowest BCUT2D eigenvalue weighted by Crippen LogP contribution is -2.41. The molecular formula is C25H24FN3O. The minimum Gasteiger partial charge on any atom is -0.384 e. The fourth-order valence-electron chi connectivity index (χ4n) is 4.42. The van der Waals surface area contributed by atoms with E-state index in [1.165, 1.54) is 23.4 Å². The summed E-state index contributed by atoms with van der Waals surface area (Å²) in [6.07, 6.45) is 3.93. The van der Waals surface area contributed by atoms with E-state index in [4.69, 9.17) is 0 Å². The van der Waals surface area contributed by atoms with Crippen molar-refractivity contribution in [2.75, 3.05) is 18.0 Å². The van der Waals surface area contributed by atoms with Crippen LogP contribution >= 0.6 is 0 Å². The summed E-state index contributed by atoms with van der Waals surface area (Å²) in [6, 6.07) is 20.7. The fourth-order valence-corrected chi connectivity index (χ4v) is 4.42. The van der Waals surface area contributed by atoms with Gasteiger partial charge >= 0.3 is 0 Å². The van der Waals surface area contributed by atoms with Crippen LogP contribution in [0.25, 0.3) is 16.6 Å². The molecule has 1 aliphatic heterocycles. The molecular weight excluding hydrogens is 377 g/mol. The van der Waals surface area contributed by atoms with Gasteiger partial charge in [0.1, 0.15) is 11.4 Å². The second kappa shape index (κ2) is 7.26. The third-order valence-electron chi connectivity index (χ3n) is 5.95. The highest BCUT2D eigenvalue weighted by molar-refractivity contribution is 5.81. The Morgan fingerprint density at radius 3 is 2.80 bits per heavy atom. The topological polar surface area (TPSA) is 41.3 Å². The Balaban J connectivity index is 1.46. The molecule has 0 amide bonds. The average Bonchev–Trinajstić information content (AvgIpc) is 3.17. The lowest BCUT2D eigenvalue weighted by Gasteiger charge is -2.37. The molecule has 1 aromatic heterocycles. The molecule has 0 aliphatic carbocycles. The Hall–Kier alpha value is -3.18. The van der Waals surface area contributed by atoms with E-state index in [0.29, 0.717) is 12.2 Å². The molecule has 0 spiro atoms. The van der Waals surface area contributed by atoms with Gasteiger partial charge in [0.05, 0.1) is 23.9 Å². The number of β-amino-alcohol motifs (C(OH)–C–C–N with tert-alkyl or cyclic N) is 1. The molecule has 0 bridgehead atoms. The average molecular weight is 401 g/mol. The molecule has 5 rings (SSSR count). The summed E-state index contributed by atoms with van der Waals surface area (Å²) < 4.78 is 15.3. The maximum atomic E-state index is 13.6. The molecule has 4 nitrogen and oxygen atoms in total. The van der Waals surface area contributed by atoms with Crippen LogP contribution in [0, 0.1) is 5.82 Å². The van der Waals surface area contributed by atoms with E-state index in [1.807, 2.05) is 31.2 Å². The van der Waals surface area contributed by atoms with Crippen LogP contribution in [0.5, 0.6) is 0 Å². The van der Waals surface area contributed by atoms with Crippen LogP contribution < -0.4 is 4.90 Å². The zero-order chi connectivity index (χ0) is 20.7. The summed E-state index contributed by atoms with van der Waals surface area (Å²) in [5, 5.41) is 16.7. The van der Waals surface area contributed by atoms with Crippen LogP contribution in [-0.2, 0) is 12.0 Å². The van der Waals surface area contributed by atoms with Crippen LogP contribution in [0.3, 0.4) is 0 Å². The zero-order valence-electron chi connectivity index (χ0n) is 16.9. The lowest BCUT2D eigenvalue weighted by molar-refractivity contribution is 0.0642. The first-order valence-corrected chi connectivity index (χ1v) is 10.3. The molecule has 4 aromatic rings. The van der Waals surface area contributed by atoms with Gasteiger partial charge in [-0.2, -0.15) is 5.10 Å². The predicted molar refractivity (Wildman–Crippen MR) is 118 cm³/mol. The SMILES string of the molecule is CC(O)(CN1CCCc2ccccc21)c1ccc2c(cnn2-c2cccc(F)c2)c1. The molecule has 1 atom stereocenters. The Morgan fingerprint density at radius 2 is 1.93 bits per heavy atom. The van der Waals surface area contributed by atoms with Gasteiger partial charge in [-0.25, -0.2) is 9.07 Å². The minimum atomic E-state index is -1.01. The Kier molecular flexibility index (Phi) is 4.55. The second-order valence-corrected chi connectivity index (χ2v) is 8.24. The summed E-state index contributed by atoms with van der Waals surface area (Å²) in [5.41, 5.74) is 3.93. The van der Waals surface area contributed by atoms with Gasteiger partial charge in [0, 0.05) is 17.6 Å². The van der Waals surface area contributed by atoms with Crippen molar-refractivity contribution in [1.82, 2.24) is 9.78 Å². The molecule has 0 radical (unpaired) electrons. The highest BCUT2D eigenvalue weighted by atomic mass is 19.1. The van der Waals surface area contributed by atoms with E-state index < -0.39 is 5.60 Å². The third kappa shape index (κ3) is 3.35. The highest BCUT2D eigenvalue weighted by Crippen LogP contribution is 2.32. The molecule has 1 unspecified atom stereocenters. The summed E-state index contributed by atoms with van der Waals surface area (Å²) in [5.74, 6) is -0.294. The van der Waals surface area contributed by atoms with E-state index in [-0.39, 0.29) is 5.82 Å². The first kappa shape index (κ1) is 18.8. The monoisotopic (exact) mass is 401 g/mol. The van der Waals surface area contributed by atoms with Crippen molar-refractivity contribution in [2.24, 2.45) is 0 Å². The Morgan fingerprint density at radius 1 is 1.07 bits per heavy atom. The maximum Gasteiger partial charge on any atom is 0.125 e. The van der Waals surface area contributed by atoms with Crippen molar-refractivity contribution >= 4 is 16.6 Å². The minimum absolute atomic E-state index is 0.294. The molecule has 2 heterocycles. The van der Waals surface area contributed by atoms with Crippen LogP contribution in [0.15, 0.2) is 72.9 Å². The van der Waals surface area contributed by atoms with Crippen molar-refractivity contribution in [3.05, 3.63) is 89.9 Å². The number of nitrogens with zero attached hydrogens (tertiary/aromatic N) is 3. The van der Waals surface area contributed by atoms with Gasteiger partial charge in [0.15, 0.2) is 0 Å². The Labute approximate surface area is 175 Å². The molecule has 1 aliphatic rings. The second-order valence-electron chi connectivity index (χ2n) is 8.24. The van der Waals surface area contributed by atoms with Gasteiger partial charge in [-0.15, -0.1) is 0 Å². The van der Waals surface area contributed by atoms with Crippen molar-refractivity contribution in [3.63, 3.8) is 0 Å². The number of aromatic nitrogens is 2. The van der Waals surface area contributed by atoms with Crippen molar-refractivity contribution in [2.45, 2.75) is 25.4 Å². The number of benzene rings is 3. The number of halogens is 1. The number of rotatable bonds is 4. The lowest BCUT2D eigenvalue weighted by atomic mass is 9.92. The quantitative estimate of drug-likeness (QED) is 0.533. The smallest absolute Gasteiger partial charge is 0.125 e. The molecule has 0 saturated heterocycles. The number of fused-ring (bicyclic) bond motifs is 2. The summed E-state index contributed by atoms with van der Waals surface area (Å²) in [4.78, 5) is 2.28. The zero-order valence-corrected chi connectivity index (χ0v) is 16.9.